The Morgan fingerprint density at radius 3 is 2.80 bits per heavy atom. The van der Waals surface area contributed by atoms with Crippen LogP contribution in [-0.4, -0.2) is 18.8 Å². The van der Waals surface area contributed by atoms with E-state index in [-0.39, 0.29) is 5.41 Å². The first kappa shape index (κ1) is 13.5. The first-order valence-corrected chi connectivity index (χ1v) is 7.47. The highest BCUT2D eigenvalue weighted by molar-refractivity contribution is 5.47. The van der Waals surface area contributed by atoms with Gasteiger partial charge in [0.15, 0.2) is 0 Å². The number of nitrogens with zero attached hydrogens (tertiary/aromatic N) is 1. The number of ether oxygens (including phenoxy) is 1. The quantitative estimate of drug-likeness (QED) is 0.916. The fourth-order valence-electron chi connectivity index (χ4n) is 3.81. The van der Waals surface area contributed by atoms with Crippen LogP contribution in [0.1, 0.15) is 32.3 Å². The summed E-state index contributed by atoms with van der Waals surface area (Å²) >= 11 is 0. The Bertz CT molecular complexity index is 515. The summed E-state index contributed by atoms with van der Waals surface area (Å²) in [6, 6.07) is 10.9. The molecule has 20 heavy (non-hydrogen) atoms. The summed E-state index contributed by atoms with van der Waals surface area (Å²) in [5, 5.41) is 12.4. The van der Waals surface area contributed by atoms with Gasteiger partial charge in [-0.25, -0.2) is 0 Å². The lowest BCUT2D eigenvalue weighted by atomic mass is 9.55. The Kier molecular flexibility index (Phi) is 3.43. The Labute approximate surface area is 120 Å². The van der Waals surface area contributed by atoms with Gasteiger partial charge in [0.2, 0.25) is 0 Å². The summed E-state index contributed by atoms with van der Waals surface area (Å²) in [6.45, 7) is 5.50. The fraction of sp³-hybridized carbons (Fsp3) is 0.588. The Hall–Kier alpha value is -1.53. The van der Waals surface area contributed by atoms with E-state index in [0.29, 0.717) is 24.5 Å². The van der Waals surface area contributed by atoms with E-state index in [2.05, 4.69) is 37.4 Å². The molecule has 0 amide bonds. The summed E-state index contributed by atoms with van der Waals surface area (Å²) in [5.74, 6) is 0.637. The van der Waals surface area contributed by atoms with Crippen molar-refractivity contribution in [1.29, 1.82) is 5.26 Å². The minimum Gasteiger partial charge on any atom is -0.381 e. The molecule has 0 bridgehead atoms. The van der Waals surface area contributed by atoms with E-state index >= 15 is 0 Å². The maximum absolute atomic E-state index is 8.70. The number of nitriles is 1. The van der Waals surface area contributed by atoms with Gasteiger partial charge in [0.1, 0.15) is 0 Å². The Morgan fingerprint density at radius 2 is 2.10 bits per heavy atom. The Morgan fingerprint density at radius 1 is 1.35 bits per heavy atom. The molecule has 3 unspecified atom stereocenters. The van der Waals surface area contributed by atoms with Crippen molar-refractivity contribution < 1.29 is 4.74 Å². The molecule has 1 aliphatic carbocycles. The maximum atomic E-state index is 8.70. The van der Waals surface area contributed by atoms with E-state index in [9.17, 15) is 0 Å². The molecule has 0 aromatic heterocycles. The largest absolute Gasteiger partial charge is 0.381 e. The molecule has 106 valence electrons. The zero-order valence-electron chi connectivity index (χ0n) is 12.2. The van der Waals surface area contributed by atoms with Crippen LogP contribution in [0.15, 0.2) is 24.3 Å². The average molecular weight is 270 g/mol. The van der Waals surface area contributed by atoms with E-state index in [1.165, 1.54) is 12.8 Å². The summed E-state index contributed by atoms with van der Waals surface area (Å²) in [6.07, 6.45) is 3.33. The lowest BCUT2D eigenvalue weighted by Crippen LogP contribution is -2.67. The van der Waals surface area contributed by atoms with E-state index in [0.717, 1.165) is 17.9 Å². The van der Waals surface area contributed by atoms with Crippen molar-refractivity contribution in [2.75, 3.05) is 11.9 Å². The van der Waals surface area contributed by atoms with Gasteiger partial charge in [0, 0.05) is 29.7 Å². The molecule has 0 radical (unpaired) electrons. The lowest BCUT2D eigenvalue weighted by molar-refractivity contribution is -0.177. The number of anilines is 1. The van der Waals surface area contributed by atoms with E-state index < -0.39 is 0 Å². The minimum atomic E-state index is 0.191. The second kappa shape index (κ2) is 5.10. The number of hydrogen-bond acceptors (Lipinski definition) is 3. The van der Waals surface area contributed by atoms with Gasteiger partial charge in [-0.1, -0.05) is 26.0 Å². The van der Waals surface area contributed by atoms with Crippen LogP contribution in [0.3, 0.4) is 0 Å². The smallest absolute Gasteiger partial charge is 0.0693 e. The summed E-state index contributed by atoms with van der Waals surface area (Å²) in [5.41, 5.74) is 2.41. The third-order valence-corrected chi connectivity index (χ3v) is 4.89. The summed E-state index contributed by atoms with van der Waals surface area (Å²) in [7, 11) is 0. The molecular weight excluding hydrogens is 248 g/mol. The third kappa shape index (κ3) is 2.19. The van der Waals surface area contributed by atoms with Gasteiger partial charge in [0.25, 0.3) is 0 Å². The Balaban J connectivity index is 1.69. The summed E-state index contributed by atoms with van der Waals surface area (Å²) in [4.78, 5) is 0. The summed E-state index contributed by atoms with van der Waals surface area (Å²) < 4.78 is 5.94. The number of fused-ring (bicyclic) bond motifs is 1. The molecule has 2 fully saturated rings. The van der Waals surface area contributed by atoms with Gasteiger partial charge in [-0.05, 0) is 30.5 Å². The highest BCUT2D eigenvalue weighted by Crippen LogP contribution is 2.52. The van der Waals surface area contributed by atoms with Crippen molar-refractivity contribution >= 4 is 5.69 Å². The second-order valence-electron chi connectivity index (χ2n) is 6.57. The standard InChI is InChI=1S/C17H22N2O/c1-17(2)15(14-4-3-11-20-16(14)17)19-13-7-5-12(6-8-13)9-10-18/h5-8,14-16,19H,3-4,9,11H2,1-2H3. The van der Waals surface area contributed by atoms with Gasteiger partial charge < -0.3 is 10.1 Å². The SMILES string of the molecule is CC1(C)C(Nc2ccc(CC#N)cc2)C2CCCOC21. The van der Waals surface area contributed by atoms with Crippen LogP contribution in [0.5, 0.6) is 0 Å². The van der Waals surface area contributed by atoms with Crippen molar-refractivity contribution in [2.24, 2.45) is 11.3 Å². The van der Waals surface area contributed by atoms with Crippen molar-refractivity contribution in [3.05, 3.63) is 29.8 Å². The van der Waals surface area contributed by atoms with Crippen molar-refractivity contribution in [2.45, 2.75) is 45.3 Å². The van der Waals surface area contributed by atoms with Gasteiger partial charge in [0.05, 0.1) is 18.6 Å². The van der Waals surface area contributed by atoms with Crippen LogP contribution in [0, 0.1) is 22.7 Å². The topological polar surface area (TPSA) is 45.0 Å². The van der Waals surface area contributed by atoms with E-state index in [1.54, 1.807) is 0 Å². The molecular formula is C17H22N2O. The number of benzene rings is 1. The van der Waals surface area contributed by atoms with Crippen LogP contribution in [0.2, 0.25) is 0 Å². The molecule has 0 spiro atoms. The van der Waals surface area contributed by atoms with Crippen molar-refractivity contribution in [3.63, 3.8) is 0 Å². The highest BCUT2D eigenvalue weighted by atomic mass is 16.5. The third-order valence-electron chi connectivity index (χ3n) is 4.89. The lowest BCUT2D eigenvalue weighted by Gasteiger charge is -2.60. The van der Waals surface area contributed by atoms with Crippen LogP contribution in [0.4, 0.5) is 5.69 Å². The first-order valence-electron chi connectivity index (χ1n) is 7.47. The zero-order chi connectivity index (χ0) is 14.2. The molecule has 3 nitrogen and oxygen atoms in total. The van der Waals surface area contributed by atoms with Crippen LogP contribution >= 0.6 is 0 Å². The predicted octanol–water partition coefficient (Wildman–Crippen LogP) is 3.37. The minimum absolute atomic E-state index is 0.191. The molecule has 1 aliphatic heterocycles. The number of hydrogen-bond donors (Lipinski definition) is 1. The van der Waals surface area contributed by atoms with Gasteiger partial charge >= 0.3 is 0 Å². The first-order chi connectivity index (χ1) is 9.63. The molecule has 1 saturated heterocycles. The molecule has 1 N–H and O–H groups in total. The molecule has 2 aliphatic rings. The maximum Gasteiger partial charge on any atom is 0.0693 e. The van der Waals surface area contributed by atoms with E-state index in [4.69, 9.17) is 10.00 Å². The highest BCUT2D eigenvalue weighted by Gasteiger charge is 2.57. The normalized spacial score (nSPS) is 30.8. The number of rotatable bonds is 3. The van der Waals surface area contributed by atoms with E-state index in [1.807, 2.05) is 12.1 Å². The van der Waals surface area contributed by atoms with Crippen molar-refractivity contribution in [1.82, 2.24) is 0 Å². The van der Waals surface area contributed by atoms with Gasteiger partial charge in [-0.15, -0.1) is 0 Å². The second-order valence-corrected chi connectivity index (χ2v) is 6.57. The van der Waals surface area contributed by atoms with Crippen LogP contribution < -0.4 is 5.32 Å². The fourth-order valence-corrected chi connectivity index (χ4v) is 3.81. The van der Waals surface area contributed by atoms with Crippen molar-refractivity contribution in [3.8, 4) is 6.07 Å². The van der Waals surface area contributed by atoms with Gasteiger partial charge in [-0.3, -0.25) is 0 Å². The molecule has 1 saturated carbocycles. The predicted molar refractivity (Wildman–Crippen MR) is 79.4 cm³/mol. The number of nitrogens with one attached hydrogen (secondary N) is 1. The van der Waals surface area contributed by atoms with Gasteiger partial charge in [-0.2, -0.15) is 5.26 Å². The molecule has 1 heterocycles. The molecule has 3 heteroatoms. The zero-order valence-corrected chi connectivity index (χ0v) is 12.2. The molecule has 3 rings (SSSR count). The molecule has 1 aromatic carbocycles. The van der Waals surface area contributed by atoms with Crippen LogP contribution in [0.25, 0.3) is 0 Å². The van der Waals surface area contributed by atoms with Crippen LogP contribution in [-0.2, 0) is 11.2 Å². The molecule has 3 atom stereocenters. The average Bonchev–Trinajstić information content (AvgIpc) is 2.47. The molecule has 1 aromatic rings. The monoisotopic (exact) mass is 270 g/mol.